The van der Waals surface area contributed by atoms with Crippen LogP contribution in [-0.2, 0) is 0 Å². The van der Waals surface area contributed by atoms with Crippen LogP contribution in [0, 0.1) is 0 Å². The average molecular weight is 232 g/mol. The fourth-order valence-electron chi connectivity index (χ4n) is 1.01. The Morgan fingerprint density at radius 2 is 2.07 bits per heavy atom. The summed E-state index contributed by atoms with van der Waals surface area (Å²) in [6.45, 7) is 3.88. The third-order valence-electron chi connectivity index (χ3n) is 1.50. The normalized spacial score (nSPS) is 11.5. The predicted octanol–water partition coefficient (Wildman–Crippen LogP) is 3.14. The van der Waals surface area contributed by atoms with Gasteiger partial charge in [-0.15, -0.1) is 11.8 Å². The summed E-state index contributed by atoms with van der Waals surface area (Å²) in [5, 5.41) is 0.692. The molecule has 0 unspecified atom stereocenters. The molecule has 0 spiro atoms. The first-order chi connectivity index (χ1) is 6.42. The van der Waals surface area contributed by atoms with E-state index in [-0.39, 0.29) is 4.87 Å². The van der Waals surface area contributed by atoms with Gasteiger partial charge >= 0.3 is 0 Å². The molecule has 14 heavy (non-hydrogen) atoms. The lowest BCUT2D eigenvalue weighted by Gasteiger charge is -2.19. The number of methoxy groups -OCH3 is 1. The maximum Gasteiger partial charge on any atom is 0.132 e. The van der Waals surface area contributed by atoms with Crippen LogP contribution < -0.4 is 10.5 Å². The Hall–Kier alpha value is -0.380. The molecule has 0 aromatic heterocycles. The van der Waals surface area contributed by atoms with Gasteiger partial charge in [0.15, 0.2) is 0 Å². The highest BCUT2D eigenvalue weighted by molar-refractivity contribution is 8.00. The summed E-state index contributed by atoms with van der Waals surface area (Å²) in [5.74, 6) is 0.804. The van der Waals surface area contributed by atoms with E-state index in [0.29, 0.717) is 5.02 Å². The topological polar surface area (TPSA) is 35.2 Å². The van der Waals surface area contributed by atoms with Crippen molar-refractivity contribution in [3.05, 3.63) is 23.2 Å². The Balaban J connectivity index is 2.99. The monoisotopic (exact) mass is 231 g/mol. The van der Waals surface area contributed by atoms with Gasteiger partial charge < -0.3 is 10.5 Å². The van der Waals surface area contributed by atoms with Crippen LogP contribution >= 0.6 is 23.4 Å². The van der Waals surface area contributed by atoms with Crippen molar-refractivity contribution in [2.45, 2.75) is 23.6 Å². The molecule has 0 aliphatic heterocycles. The summed E-state index contributed by atoms with van der Waals surface area (Å²) in [4.78, 5) is 0.630. The van der Waals surface area contributed by atoms with E-state index in [2.05, 4.69) is 0 Å². The lowest BCUT2D eigenvalue weighted by atomic mass is 10.3. The molecule has 0 saturated heterocycles. The SMILES string of the molecule is COc1ccc(Cl)cc1SC(C)(C)N. The summed E-state index contributed by atoms with van der Waals surface area (Å²) in [6.07, 6.45) is 0. The Morgan fingerprint density at radius 3 is 2.57 bits per heavy atom. The Bertz CT molecular complexity index is 322. The van der Waals surface area contributed by atoms with Crippen molar-refractivity contribution >= 4 is 23.4 Å². The summed E-state index contributed by atoms with van der Waals surface area (Å²) in [7, 11) is 1.64. The molecule has 4 heteroatoms. The predicted molar refractivity (Wildman–Crippen MR) is 62.1 cm³/mol. The van der Waals surface area contributed by atoms with E-state index in [1.807, 2.05) is 26.0 Å². The second-order valence-electron chi connectivity index (χ2n) is 3.50. The highest BCUT2D eigenvalue weighted by Crippen LogP contribution is 2.36. The number of hydrogen-bond donors (Lipinski definition) is 1. The van der Waals surface area contributed by atoms with Crippen LogP contribution in [-0.4, -0.2) is 12.0 Å². The minimum absolute atomic E-state index is 0.335. The van der Waals surface area contributed by atoms with Crippen molar-refractivity contribution < 1.29 is 4.74 Å². The summed E-state index contributed by atoms with van der Waals surface area (Å²) in [6, 6.07) is 5.50. The smallest absolute Gasteiger partial charge is 0.132 e. The second-order valence-corrected chi connectivity index (χ2v) is 5.63. The van der Waals surface area contributed by atoms with E-state index < -0.39 is 0 Å². The van der Waals surface area contributed by atoms with Gasteiger partial charge in [-0.05, 0) is 32.0 Å². The lowest BCUT2D eigenvalue weighted by molar-refractivity contribution is 0.404. The van der Waals surface area contributed by atoms with Crippen molar-refractivity contribution in [2.75, 3.05) is 7.11 Å². The van der Waals surface area contributed by atoms with Gasteiger partial charge in [-0.3, -0.25) is 0 Å². The highest BCUT2D eigenvalue weighted by Gasteiger charge is 2.15. The van der Waals surface area contributed by atoms with E-state index in [0.717, 1.165) is 10.6 Å². The highest BCUT2D eigenvalue weighted by atomic mass is 35.5. The zero-order chi connectivity index (χ0) is 10.8. The maximum atomic E-state index is 5.91. The van der Waals surface area contributed by atoms with Crippen LogP contribution in [0.25, 0.3) is 0 Å². The molecule has 2 N–H and O–H groups in total. The molecule has 1 aromatic rings. The molecule has 0 radical (unpaired) electrons. The number of nitrogens with two attached hydrogens (primary N) is 1. The van der Waals surface area contributed by atoms with Crippen LogP contribution in [0.5, 0.6) is 5.75 Å². The summed E-state index contributed by atoms with van der Waals surface area (Å²) < 4.78 is 5.21. The molecule has 0 amide bonds. The van der Waals surface area contributed by atoms with Gasteiger partial charge in [0.05, 0.1) is 16.9 Å². The van der Waals surface area contributed by atoms with Gasteiger partial charge in [-0.2, -0.15) is 0 Å². The maximum absolute atomic E-state index is 5.91. The van der Waals surface area contributed by atoms with Crippen LogP contribution in [0.2, 0.25) is 5.02 Å². The average Bonchev–Trinajstić information content (AvgIpc) is 2.01. The first-order valence-corrected chi connectivity index (χ1v) is 5.43. The number of rotatable bonds is 3. The largest absolute Gasteiger partial charge is 0.496 e. The summed E-state index contributed by atoms with van der Waals surface area (Å²) >= 11 is 7.43. The number of halogens is 1. The summed E-state index contributed by atoms with van der Waals surface area (Å²) in [5.41, 5.74) is 5.91. The molecule has 2 nitrogen and oxygen atoms in total. The lowest BCUT2D eigenvalue weighted by Crippen LogP contribution is -2.26. The van der Waals surface area contributed by atoms with Crippen molar-refractivity contribution in [3.8, 4) is 5.75 Å². The van der Waals surface area contributed by atoms with Gasteiger partial charge in [-0.25, -0.2) is 0 Å². The molecule has 0 heterocycles. The van der Waals surface area contributed by atoms with E-state index in [1.165, 1.54) is 11.8 Å². The standard InChI is InChI=1S/C10H14ClNOS/c1-10(2,12)14-9-6-7(11)4-5-8(9)13-3/h4-6H,12H2,1-3H3. The molecule has 0 atom stereocenters. The molecule has 1 aromatic carbocycles. The molecule has 0 aliphatic carbocycles. The molecule has 0 fully saturated rings. The van der Waals surface area contributed by atoms with Gasteiger partial charge in [0, 0.05) is 5.02 Å². The molecule has 78 valence electrons. The fourth-order valence-corrected chi connectivity index (χ4v) is 2.26. The molecule has 1 rings (SSSR count). The van der Waals surface area contributed by atoms with Crippen LogP contribution in [0.4, 0.5) is 0 Å². The van der Waals surface area contributed by atoms with Crippen molar-refractivity contribution in [1.82, 2.24) is 0 Å². The van der Waals surface area contributed by atoms with E-state index in [9.17, 15) is 0 Å². The fraction of sp³-hybridized carbons (Fsp3) is 0.400. The zero-order valence-corrected chi connectivity index (χ0v) is 10.1. The third kappa shape index (κ3) is 3.40. The van der Waals surface area contributed by atoms with E-state index in [4.69, 9.17) is 22.1 Å². The molecule has 0 saturated carbocycles. The van der Waals surface area contributed by atoms with Gasteiger partial charge in [-0.1, -0.05) is 11.6 Å². The minimum atomic E-state index is -0.335. The minimum Gasteiger partial charge on any atom is -0.496 e. The molecular weight excluding hydrogens is 218 g/mol. The number of hydrogen-bond acceptors (Lipinski definition) is 3. The number of thioether (sulfide) groups is 1. The molecule has 0 aliphatic rings. The number of ether oxygens (including phenoxy) is 1. The Morgan fingerprint density at radius 1 is 1.43 bits per heavy atom. The van der Waals surface area contributed by atoms with Crippen molar-refractivity contribution in [2.24, 2.45) is 5.73 Å². The van der Waals surface area contributed by atoms with Crippen molar-refractivity contribution in [3.63, 3.8) is 0 Å². The number of benzene rings is 1. The van der Waals surface area contributed by atoms with Gasteiger partial charge in [0.25, 0.3) is 0 Å². The quantitative estimate of drug-likeness (QED) is 0.641. The molecule has 0 bridgehead atoms. The van der Waals surface area contributed by atoms with E-state index >= 15 is 0 Å². The zero-order valence-electron chi connectivity index (χ0n) is 8.50. The van der Waals surface area contributed by atoms with Crippen LogP contribution in [0.1, 0.15) is 13.8 Å². The first-order valence-electron chi connectivity index (χ1n) is 4.24. The van der Waals surface area contributed by atoms with Gasteiger partial charge in [0.2, 0.25) is 0 Å². The Labute approximate surface area is 93.8 Å². The van der Waals surface area contributed by atoms with Crippen LogP contribution in [0.15, 0.2) is 23.1 Å². The molecular formula is C10H14ClNOS. The van der Waals surface area contributed by atoms with Gasteiger partial charge in [0.1, 0.15) is 5.75 Å². The third-order valence-corrected chi connectivity index (χ3v) is 2.80. The Kier molecular flexibility index (Phi) is 3.70. The second kappa shape index (κ2) is 4.43. The van der Waals surface area contributed by atoms with Crippen molar-refractivity contribution in [1.29, 1.82) is 0 Å². The first kappa shape index (κ1) is 11.7. The van der Waals surface area contributed by atoms with Crippen LogP contribution in [0.3, 0.4) is 0 Å². The van der Waals surface area contributed by atoms with E-state index in [1.54, 1.807) is 13.2 Å².